The SMILES string of the molecule is CC(C)(C)c1ccccc1Nc1nc(Cl)nc2sccc12. The molecular weight excluding hydrogens is 302 g/mol. The normalized spacial score (nSPS) is 11.8. The second-order valence-corrected chi connectivity index (χ2v) is 7.13. The summed E-state index contributed by atoms with van der Waals surface area (Å²) in [6.45, 7) is 6.59. The van der Waals surface area contributed by atoms with Gasteiger partial charge in [-0.15, -0.1) is 11.3 Å². The number of para-hydroxylation sites is 1. The highest BCUT2D eigenvalue weighted by atomic mass is 35.5. The van der Waals surface area contributed by atoms with E-state index in [9.17, 15) is 0 Å². The van der Waals surface area contributed by atoms with Gasteiger partial charge in [-0.1, -0.05) is 39.0 Å². The molecule has 1 N–H and O–H groups in total. The van der Waals surface area contributed by atoms with E-state index >= 15 is 0 Å². The minimum Gasteiger partial charge on any atom is -0.339 e. The molecule has 3 rings (SSSR count). The highest BCUT2D eigenvalue weighted by Crippen LogP contribution is 2.33. The van der Waals surface area contributed by atoms with Gasteiger partial charge in [-0.05, 0) is 40.1 Å². The largest absolute Gasteiger partial charge is 0.339 e. The summed E-state index contributed by atoms with van der Waals surface area (Å²) >= 11 is 7.58. The Hall–Kier alpha value is -1.65. The lowest BCUT2D eigenvalue weighted by atomic mass is 9.86. The van der Waals surface area contributed by atoms with Crippen LogP contribution in [0.4, 0.5) is 11.5 Å². The monoisotopic (exact) mass is 317 g/mol. The van der Waals surface area contributed by atoms with Crippen molar-refractivity contribution in [1.29, 1.82) is 0 Å². The van der Waals surface area contributed by atoms with Crippen molar-refractivity contribution in [2.45, 2.75) is 26.2 Å². The van der Waals surface area contributed by atoms with Gasteiger partial charge in [-0.3, -0.25) is 0 Å². The quantitative estimate of drug-likeness (QED) is 0.644. The number of halogens is 1. The van der Waals surface area contributed by atoms with Gasteiger partial charge in [-0.25, -0.2) is 4.98 Å². The fourth-order valence-corrected chi connectivity index (χ4v) is 3.28. The first-order valence-corrected chi connectivity index (χ1v) is 7.98. The molecule has 3 aromatic rings. The topological polar surface area (TPSA) is 37.8 Å². The molecule has 0 saturated carbocycles. The minimum absolute atomic E-state index is 0.0498. The molecule has 1 aromatic carbocycles. The third-order valence-corrected chi connectivity index (χ3v) is 4.26. The van der Waals surface area contributed by atoms with Crippen molar-refractivity contribution in [3.8, 4) is 0 Å². The minimum atomic E-state index is 0.0498. The van der Waals surface area contributed by atoms with Crippen LogP contribution in [-0.2, 0) is 5.41 Å². The Balaban J connectivity index is 2.09. The Morgan fingerprint density at radius 3 is 2.62 bits per heavy atom. The Morgan fingerprint density at radius 1 is 1.10 bits per heavy atom. The van der Waals surface area contributed by atoms with Gasteiger partial charge in [0, 0.05) is 5.69 Å². The van der Waals surface area contributed by atoms with E-state index in [1.54, 1.807) is 11.3 Å². The van der Waals surface area contributed by atoms with Gasteiger partial charge < -0.3 is 5.32 Å². The van der Waals surface area contributed by atoms with Crippen LogP contribution in [-0.4, -0.2) is 9.97 Å². The Labute approximate surface area is 133 Å². The van der Waals surface area contributed by atoms with Crippen LogP contribution in [0.5, 0.6) is 0 Å². The summed E-state index contributed by atoms with van der Waals surface area (Å²) in [4.78, 5) is 9.48. The van der Waals surface area contributed by atoms with E-state index in [2.05, 4.69) is 54.3 Å². The fourth-order valence-electron chi connectivity index (χ4n) is 2.30. The predicted octanol–water partition coefficient (Wildman–Crippen LogP) is 5.39. The molecule has 0 fully saturated rings. The molecule has 0 amide bonds. The van der Waals surface area contributed by atoms with Gasteiger partial charge in [0.1, 0.15) is 10.6 Å². The van der Waals surface area contributed by atoms with Crippen molar-refractivity contribution in [2.75, 3.05) is 5.32 Å². The van der Waals surface area contributed by atoms with Gasteiger partial charge in [0.15, 0.2) is 0 Å². The molecule has 0 bridgehead atoms. The number of aromatic nitrogens is 2. The zero-order chi connectivity index (χ0) is 15.0. The Kier molecular flexibility index (Phi) is 3.59. The molecule has 2 aromatic heterocycles. The fraction of sp³-hybridized carbons (Fsp3) is 0.250. The van der Waals surface area contributed by atoms with Crippen LogP contribution in [0.1, 0.15) is 26.3 Å². The first-order chi connectivity index (χ1) is 9.95. The maximum absolute atomic E-state index is 6.02. The van der Waals surface area contributed by atoms with Gasteiger partial charge in [0.2, 0.25) is 5.28 Å². The number of nitrogens with zero attached hydrogens (tertiary/aromatic N) is 2. The summed E-state index contributed by atoms with van der Waals surface area (Å²) in [7, 11) is 0. The van der Waals surface area contributed by atoms with Crippen LogP contribution in [0.3, 0.4) is 0 Å². The van der Waals surface area contributed by atoms with Crippen molar-refractivity contribution in [3.63, 3.8) is 0 Å². The maximum atomic E-state index is 6.02. The average Bonchev–Trinajstić information content (AvgIpc) is 2.86. The van der Waals surface area contributed by atoms with E-state index in [0.717, 1.165) is 21.7 Å². The molecule has 0 unspecified atom stereocenters. The number of thiophene rings is 1. The molecule has 5 heteroatoms. The van der Waals surface area contributed by atoms with Crippen molar-refractivity contribution < 1.29 is 0 Å². The number of hydrogen-bond donors (Lipinski definition) is 1. The second-order valence-electron chi connectivity index (χ2n) is 5.90. The average molecular weight is 318 g/mol. The van der Waals surface area contributed by atoms with Gasteiger partial charge in [0.05, 0.1) is 5.39 Å². The number of nitrogens with one attached hydrogen (secondary N) is 1. The Bertz CT molecular complexity index is 790. The highest BCUT2D eigenvalue weighted by Gasteiger charge is 2.18. The van der Waals surface area contributed by atoms with Gasteiger partial charge >= 0.3 is 0 Å². The molecule has 0 aliphatic rings. The van der Waals surface area contributed by atoms with Crippen LogP contribution in [0, 0.1) is 0 Å². The summed E-state index contributed by atoms with van der Waals surface area (Å²) in [6.07, 6.45) is 0. The molecule has 0 atom stereocenters. The number of hydrogen-bond acceptors (Lipinski definition) is 4. The van der Waals surface area contributed by atoms with Crippen molar-refractivity contribution in [1.82, 2.24) is 9.97 Å². The molecule has 2 heterocycles. The number of anilines is 2. The lowest BCUT2D eigenvalue weighted by Crippen LogP contribution is -2.13. The van der Waals surface area contributed by atoms with Gasteiger partial charge in [-0.2, -0.15) is 4.98 Å². The highest BCUT2D eigenvalue weighted by molar-refractivity contribution is 7.16. The summed E-state index contributed by atoms with van der Waals surface area (Å²) in [5, 5.41) is 6.67. The molecule has 0 saturated heterocycles. The zero-order valence-corrected chi connectivity index (χ0v) is 13.7. The van der Waals surface area contributed by atoms with Crippen LogP contribution < -0.4 is 5.32 Å². The first-order valence-electron chi connectivity index (χ1n) is 6.72. The van der Waals surface area contributed by atoms with E-state index in [1.165, 1.54) is 5.56 Å². The molecule has 3 nitrogen and oxygen atoms in total. The lowest BCUT2D eigenvalue weighted by Gasteiger charge is -2.23. The van der Waals surface area contributed by atoms with Crippen molar-refractivity contribution in [2.24, 2.45) is 0 Å². The molecule has 21 heavy (non-hydrogen) atoms. The predicted molar refractivity (Wildman–Crippen MR) is 90.8 cm³/mol. The molecule has 0 aliphatic heterocycles. The van der Waals surface area contributed by atoms with Gasteiger partial charge in [0.25, 0.3) is 0 Å². The molecule has 108 valence electrons. The third-order valence-electron chi connectivity index (χ3n) is 3.29. The second kappa shape index (κ2) is 5.28. The van der Waals surface area contributed by atoms with E-state index in [-0.39, 0.29) is 10.7 Å². The maximum Gasteiger partial charge on any atom is 0.225 e. The van der Waals surface area contributed by atoms with E-state index < -0.39 is 0 Å². The standard InChI is InChI=1S/C16H16ClN3S/c1-16(2,3)11-6-4-5-7-12(11)18-13-10-8-9-21-14(10)20-15(17)19-13/h4-9H,1-3H3,(H,18,19,20). The first kappa shape index (κ1) is 14.3. The molecular formula is C16H16ClN3S. The summed E-state index contributed by atoms with van der Waals surface area (Å²) < 4.78 is 0. The summed E-state index contributed by atoms with van der Waals surface area (Å²) in [6, 6.07) is 10.3. The number of benzene rings is 1. The zero-order valence-electron chi connectivity index (χ0n) is 12.1. The molecule has 0 aliphatic carbocycles. The Morgan fingerprint density at radius 2 is 1.86 bits per heavy atom. The van der Waals surface area contributed by atoms with E-state index in [4.69, 9.17) is 11.6 Å². The summed E-state index contributed by atoms with van der Waals surface area (Å²) in [5.41, 5.74) is 2.34. The van der Waals surface area contributed by atoms with Crippen molar-refractivity contribution in [3.05, 3.63) is 46.6 Å². The molecule has 0 radical (unpaired) electrons. The number of fused-ring (bicyclic) bond motifs is 1. The summed E-state index contributed by atoms with van der Waals surface area (Å²) in [5.74, 6) is 0.753. The third kappa shape index (κ3) is 2.87. The van der Waals surface area contributed by atoms with Crippen LogP contribution in [0.15, 0.2) is 35.7 Å². The van der Waals surface area contributed by atoms with E-state index in [1.807, 2.05) is 17.5 Å². The smallest absolute Gasteiger partial charge is 0.225 e. The van der Waals surface area contributed by atoms with E-state index in [0.29, 0.717) is 0 Å². The van der Waals surface area contributed by atoms with Crippen LogP contribution >= 0.6 is 22.9 Å². The lowest BCUT2D eigenvalue weighted by molar-refractivity contribution is 0.592. The van der Waals surface area contributed by atoms with Crippen LogP contribution in [0.25, 0.3) is 10.2 Å². The van der Waals surface area contributed by atoms with Crippen LogP contribution in [0.2, 0.25) is 5.28 Å². The van der Waals surface area contributed by atoms with Crippen molar-refractivity contribution >= 4 is 44.7 Å². The number of rotatable bonds is 2. The molecule has 0 spiro atoms.